The summed E-state index contributed by atoms with van der Waals surface area (Å²) in [6, 6.07) is 4.28. The number of pyridine rings is 1. The highest BCUT2D eigenvalue weighted by Gasteiger charge is 2.20. The molecule has 2 atom stereocenters. The minimum absolute atomic E-state index is 0.658. The summed E-state index contributed by atoms with van der Waals surface area (Å²) >= 11 is 0. The predicted molar refractivity (Wildman–Crippen MR) is 58.2 cm³/mol. The van der Waals surface area contributed by atoms with E-state index in [1.165, 1.54) is 31.5 Å². The van der Waals surface area contributed by atoms with Crippen LogP contribution in [0.25, 0.3) is 0 Å². The molecule has 1 aromatic rings. The van der Waals surface area contributed by atoms with E-state index < -0.39 is 0 Å². The Hall–Kier alpha value is -0.890. The largest absolute Gasteiger partial charge is 0.316 e. The minimum atomic E-state index is 0.658. The number of aromatic nitrogens is 1. The van der Waals surface area contributed by atoms with Crippen molar-refractivity contribution in [2.75, 3.05) is 13.1 Å². The van der Waals surface area contributed by atoms with Gasteiger partial charge in [0.1, 0.15) is 0 Å². The Bertz CT molecular complexity index is 265. The lowest BCUT2D eigenvalue weighted by atomic mass is 9.83. The molecule has 0 spiro atoms. The standard InChI is InChI=1S/C12H18N2/c1-10(11-4-7-13-8-5-11)12-3-2-6-14-9-12/h4-5,7-8,10,12,14H,2-3,6,9H2,1H3. The number of hydrogen-bond donors (Lipinski definition) is 1. The molecule has 1 aromatic heterocycles. The quantitative estimate of drug-likeness (QED) is 0.773. The van der Waals surface area contributed by atoms with Crippen molar-refractivity contribution in [3.05, 3.63) is 30.1 Å². The van der Waals surface area contributed by atoms with Gasteiger partial charge in [-0.1, -0.05) is 6.92 Å². The summed E-state index contributed by atoms with van der Waals surface area (Å²) in [7, 11) is 0. The maximum Gasteiger partial charge on any atom is 0.0270 e. The van der Waals surface area contributed by atoms with E-state index in [0.29, 0.717) is 5.92 Å². The average Bonchev–Trinajstić information content (AvgIpc) is 2.30. The van der Waals surface area contributed by atoms with Crippen LogP contribution < -0.4 is 5.32 Å². The molecule has 0 radical (unpaired) electrons. The number of hydrogen-bond acceptors (Lipinski definition) is 2. The Morgan fingerprint density at radius 1 is 1.43 bits per heavy atom. The van der Waals surface area contributed by atoms with Gasteiger partial charge in [0.15, 0.2) is 0 Å². The zero-order valence-electron chi connectivity index (χ0n) is 8.74. The van der Waals surface area contributed by atoms with Crippen LogP contribution in [0.5, 0.6) is 0 Å². The molecule has 0 saturated carbocycles. The Kier molecular flexibility index (Phi) is 3.14. The second kappa shape index (κ2) is 4.56. The second-order valence-corrected chi connectivity index (χ2v) is 4.18. The fourth-order valence-electron chi connectivity index (χ4n) is 2.24. The van der Waals surface area contributed by atoms with E-state index in [0.717, 1.165) is 5.92 Å². The molecule has 0 aromatic carbocycles. The predicted octanol–water partition coefficient (Wildman–Crippen LogP) is 2.18. The molecule has 2 heteroatoms. The molecule has 1 aliphatic rings. The van der Waals surface area contributed by atoms with Gasteiger partial charge in [-0.3, -0.25) is 4.98 Å². The highest BCUT2D eigenvalue weighted by molar-refractivity contribution is 5.16. The molecule has 2 nitrogen and oxygen atoms in total. The van der Waals surface area contributed by atoms with Gasteiger partial charge in [-0.25, -0.2) is 0 Å². The van der Waals surface area contributed by atoms with Gasteiger partial charge in [0.25, 0.3) is 0 Å². The highest BCUT2D eigenvalue weighted by atomic mass is 14.9. The van der Waals surface area contributed by atoms with Crippen molar-refractivity contribution >= 4 is 0 Å². The van der Waals surface area contributed by atoms with E-state index >= 15 is 0 Å². The topological polar surface area (TPSA) is 24.9 Å². The van der Waals surface area contributed by atoms with E-state index in [4.69, 9.17) is 0 Å². The SMILES string of the molecule is CC(c1ccncc1)C1CCCNC1. The van der Waals surface area contributed by atoms with Gasteiger partial charge in [0.2, 0.25) is 0 Å². The molecular weight excluding hydrogens is 172 g/mol. The zero-order chi connectivity index (χ0) is 9.80. The van der Waals surface area contributed by atoms with E-state index in [9.17, 15) is 0 Å². The fraction of sp³-hybridized carbons (Fsp3) is 0.583. The summed E-state index contributed by atoms with van der Waals surface area (Å²) < 4.78 is 0. The third-order valence-electron chi connectivity index (χ3n) is 3.27. The number of nitrogens with one attached hydrogen (secondary N) is 1. The van der Waals surface area contributed by atoms with Crippen LogP contribution in [0.2, 0.25) is 0 Å². The summed E-state index contributed by atoms with van der Waals surface area (Å²) in [6.45, 7) is 4.69. The normalized spacial score (nSPS) is 24.5. The first-order valence-corrected chi connectivity index (χ1v) is 5.48. The fourth-order valence-corrected chi connectivity index (χ4v) is 2.24. The molecule has 0 amide bonds. The minimum Gasteiger partial charge on any atom is -0.316 e. The average molecular weight is 190 g/mol. The van der Waals surface area contributed by atoms with Gasteiger partial charge in [-0.05, 0) is 55.5 Å². The van der Waals surface area contributed by atoms with Crippen molar-refractivity contribution in [2.24, 2.45) is 5.92 Å². The van der Waals surface area contributed by atoms with Gasteiger partial charge in [0.05, 0.1) is 0 Å². The third-order valence-corrected chi connectivity index (χ3v) is 3.27. The lowest BCUT2D eigenvalue weighted by molar-refractivity contribution is 0.334. The monoisotopic (exact) mass is 190 g/mol. The van der Waals surface area contributed by atoms with Crippen molar-refractivity contribution in [1.82, 2.24) is 10.3 Å². The summed E-state index contributed by atoms with van der Waals surface area (Å²) in [4.78, 5) is 4.06. The molecule has 1 N–H and O–H groups in total. The summed E-state index contributed by atoms with van der Waals surface area (Å²) in [6.07, 6.45) is 6.46. The third kappa shape index (κ3) is 2.13. The molecule has 1 aliphatic heterocycles. The summed E-state index contributed by atoms with van der Waals surface area (Å²) in [5, 5.41) is 3.47. The molecule has 2 unspecified atom stereocenters. The number of rotatable bonds is 2. The second-order valence-electron chi connectivity index (χ2n) is 4.18. The molecule has 2 heterocycles. The van der Waals surface area contributed by atoms with Crippen molar-refractivity contribution in [1.29, 1.82) is 0 Å². The van der Waals surface area contributed by atoms with Crippen LogP contribution in [-0.4, -0.2) is 18.1 Å². The molecular formula is C12H18N2. The van der Waals surface area contributed by atoms with Crippen molar-refractivity contribution in [3.8, 4) is 0 Å². The molecule has 76 valence electrons. The molecule has 1 fully saturated rings. The number of piperidine rings is 1. The lowest BCUT2D eigenvalue weighted by Crippen LogP contribution is -2.32. The van der Waals surface area contributed by atoms with Crippen LogP contribution in [0.4, 0.5) is 0 Å². The Labute approximate surface area is 85.7 Å². The van der Waals surface area contributed by atoms with E-state index in [-0.39, 0.29) is 0 Å². The molecule has 0 aliphatic carbocycles. The van der Waals surface area contributed by atoms with Crippen LogP contribution in [0.1, 0.15) is 31.2 Å². The van der Waals surface area contributed by atoms with E-state index in [1.54, 1.807) is 0 Å². The maximum absolute atomic E-state index is 4.06. The first-order valence-electron chi connectivity index (χ1n) is 5.48. The molecule has 1 saturated heterocycles. The molecule has 2 rings (SSSR count). The number of nitrogens with zero attached hydrogens (tertiary/aromatic N) is 1. The first-order chi connectivity index (χ1) is 6.88. The lowest BCUT2D eigenvalue weighted by Gasteiger charge is -2.28. The smallest absolute Gasteiger partial charge is 0.0270 e. The Morgan fingerprint density at radius 2 is 2.21 bits per heavy atom. The Morgan fingerprint density at radius 3 is 2.86 bits per heavy atom. The van der Waals surface area contributed by atoms with Crippen LogP contribution in [0, 0.1) is 5.92 Å². The van der Waals surface area contributed by atoms with Gasteiger partial charge in [-0.15, -0.1) is 0 Å². The van der Waals surface area contributed by atoms with Gasteiger partial charge in [-0.2, -0.15) is 0 Å². The molecule has 0 bridgehead atoms. The van der Waals surface area contributed by atoms with Crippen molar-refractivity contribution in [3.63, 3.8) is 0 Å². The van der Waals surface area contributed by atoms with Crippen LogP contribution in [-0.2, 0) is 0 Å². The van der Waals surface area contributed by atoms with Gasteiger partial charge < -0.3 is 5.32 Å². The van der Waals surface area contributed by atoms with Crippen LogP contribution in [0.3, 0.4) is 0 Å². The van der Waals surface area contributed by atoms with Crippen LogP contribution >= 0.6 is 0 Å². The first kappa shape index (κ1) is 9.66. The zero-order valence-corrected chi connectivity index (χ0v) is 8.74. The summed E-state index contributed by atoms with van der Waals surface area (Å²) in [5.41, 5.74) is 1.42. The van der Waals surface area contributed by atoms with Gasteiger partial charge >= 0.3 is 0 Å². The van der Waals surface area contributed by atoms with E-state index in [2.05, 4.69) is 29.4 Å². The van der Waals surface area contributed by atoms with Crippen molar-refractivity contribution < 1.29 is 0 Å². The highest BCUT2D eigenvalue weighted by Crippen LogP contribution is 2.28. The molecule has 14 heavy (non-hydrogen) atoms. The van der Waals surface area contributed by atoms with Crippen molar-refractivity contribution in [2.45, 2.75) is 25.7 Å². The maximum atomic E-state index is 4.06. The van der Waals surface area contributed by atoms with Gasteiger partial charge in [0, 0.05) is 12.4 Å². The summed E-state index contributed by atoms with van der Waals surface area (Å²) in [5.74, 6) is 1.46. The van der Waals surface area contributed by atoms with E-state index in [1.807, 2.05) is 12.4 Å². The van der Waals surface area contributed by atoms with Crippen LogP contribution in [0.15, 0.2) is 24.5 Å². The Balaban J connectivity index is 2.03.